The third-order valence-electron chi connectivity index (χ3n) is 3.79. The van der Waals surface area contributed by atoms with Gasteiger partial charge in [-0.25, -0.2) is 9.97 Å². The molecule has 1 fully saturated rings. The molecule has 2 aromatic heterocycles. The first-order valence-corrected chi connectivity index (χ1v) is 7.17. The highest BCUT2D eigenvalue weighted by Crippen LogP contribution is 2.24. The van der Waals surface area contributed by atoms with Gasteiger partial charge in [-0.05, 0) is 19.8 Å². The Morgan fingerprint density at radius 3 is 2.90 bits per heavy atom. The van der Waals surface area contributed by atoms with Gasteiger partial charge in [-0.1, -0.05) is 0 Å². The zero-order valence-electron chi connectivity index (χ0n) is 12.0. The Hall–Kier alpha value is -1.82. The second-order valence-electron chi connectivity index (χ2n) is 5.06. The first-order valence-electron chi connectivity index (χ1n) is 7.17. The van der Waals surface area contributed by atoms with E-state index in [2.05, 4.69) is 22.1 Å². The molecule has 0 atom stereocenters. The van der Waals surface area contributed by atoms with Gasteiger partial charge in [-0.3, -0.25) is 0 Å². The van der Waals surface area contributed by atoms with Crippen LogP contribution in [0.2, 0.25) is 0 Å². The largest absolute Gasteiger partial charge is 0.381 e. The normalized spacial score (nSPS) is 16.8. The van der Waals surface area contributed by atoms with Crippen LogP contribution in [0.4, 0.5) is 11.6 Å². The molecular weight excluding hydrogens is 254 g/mol. The maximum Gasteiger partial charge on any atom is 0.180 e. The predicted molar refractivity (Wildman–Crippen MR) is 79.4 cm³/mol. The van der Waals surface area contributed by atoms with Crippen molar-refractivity contribution in [2.45, 2.75) is 25.9 Å². The number of aromatic nitrogens is 3. The van der Waals surface area contributed by atoms with E-state index in [0.29, 0.717) is 6.10 Å². The molecule has 2 aromatic rings. The molecule has 1 aliphatic heterocycles. The summed E-state index contributed by atoms with van der Waals surface area (Å²) in [6.07, 6.45) is 8.21. The van der Waals surface area contributed by atoms with Crippen molar-refractivity contribution in [1.82, 2.24) is 14.4 Å². The molecule has 0 bridgehead atoms. The fourth-order valence-electron chi connectivity index (χ4n) is 2.70. The summed E-state index contributed by atoms with van der Waals surface area (Å²) >= 11 is 0. The summed E-state index contributed by atoms with van der Waals surface area (Å²) in [5, 5.41) is 3.28. The highest BCUT2D eigenvalue weighted by atomic mass is 16.5. The van der Waals surface area contributed by atoms with Crippen molar-refractivity contribution >= 4 is 17.3 Å². The van der Waals surface area contributed by atoms with Gasteiger partial charge in [0.25, 0.3) is 0 Å². The number of nitrogens with zero attached hydrogens (tertiary/aromatic N) is 4. The van der Waals surface area contributed by atoms with Crippen LogP contribution < -0.4 is 10.2 Å². The molecule has 0 aliphatic carbocycles. The molecule has 20 heavy (non-hydrogen) atoms. The minimum absolute atomic E-state index is 0.374. The molecule has 1 N–H and O–H groups in total. The van der Waals surface area contributed by atoms with E-state index in [4.69, 9.17) is 9.72 Å². The summed E-state index contributed by atoms with van der Waals surface area (Å²) in [6.45, 7) is 4.86. The Morgan fingerprint density at radius 2 is 2.20 bits per heavy atom. The molecule has 0 amide bonds. The highest BCUT2D eigenvalue weighted by molar-refractivity contribution is 5.67. The van der Waals surface area contributed by atoms with Gasteiger partial charge in [0.05, 0.1) is 12.3 Å². The number of hydrogen-bond acceptors (Lipinski definition) is 5. The number of piperidine rings is 1. The van der Waals surface area contributed by atoms with Crippen LogP contribution in [0.3, 0.4) is 0 Å². The van der Waals surface area contributed by atoms with Crippen LogP contribution in [0.1, 0.15) is 19.8 Å². The number of ether oxygens (including phenoxy) is 1. The fraction of sp³-hybridized carbons (Fsp3) is 0.571. The summed E-state index contributed by atoms with van der Waals surface area (Å²) in [5.41, 5.74) is 0.919. The van der Waals surface area contributed by atoms with Crippen LogP contribution >= 0.6 is 0 Å². The van der Waals surface area contributed by atoms with Crippen molar-refractivity contribution in [2.75, 3.05) is 37.0 Å². The number of nitrogens with one attached hydrogen (secondary N) is 1. The zero-order valence-corrected chi connectivity index (χ0v) is 12.0. The highest BCUT2D eigenvalue weighted by Gasteiger charge is 2.22. The van der Waals surface area contributed by atoms with Gasteiger partial charge in [0.15, 0.2) is 11.5 Å². The smallest absolute Gasteiger partial charge is 0.180 e. The SMILES string of the molecule is CCNc1cn2ccnc2c(N2CCC(OC)CC2)n1. The van der Waals surface area contributed by atoms with Gasteiger partial charge in [-0.15, -0.1) is 0 Å². The average molecular weight is 275 g/mol. The van der Waals surface area contributed by atoms with E-state index in [9.17, 15) is 0 Å². The van der Waals surface area contributed by atoms with Crippen molar-refractivity contribution in [3.8, 4) is 0 Å². The summed E-state index contributed by atoms with van der Waals surface area (Å²) in [7, 11) is 1.79. The molecular formula is C14H21N5O. The second kappa shape index (κ2) is 5.66. The van der Waals surface area contributed by atoms with Gasteiger partial charge in [-0.2, -0.15) is 0 Å². The van der Waals surface area contributed by atoms with Crippen molar-refractivity contribution in [3.05, 3.63) is 18.6 Å². The van der Waals surface area contributed by atoms with Crippen molar-refractivity contribution < 1.29 is 4.74 Å². The Labute approximate surface area is 118 Å². The molecule has 108 valence electrons. The topological polar surface area (TPSA) is 54.7 Å². The molecule has 0 saturated carbocycles. The van der Waals surface area contributed by atoms with Gasteiger partial charge >= 0.3 is 0 Å². The summed E-state index contributed by atoms with van der Waals surface area (Å²) in [4.78, 5) is 11.5. The molecule has 6 heteroatoms. The van der Waals surface area contributed by atoms with E-state index in [-0.39, 0.29) is 0 Å². The van der Waals surface area contributed by atoms with Crippen LogP contribution in [-0.2, 0) is 4.74 Å². The number of fused-ring (bicyclic) bond motifs is 1. The van der Waals surface area contributed by atoms with Gasteiger partial charge < -0.3 is 19.4 Å². The first-order chi connectivity index (χ1) is 9.81. The van der Waals surface area contributed by atoms with E-state index in [1.54, 1.807) is 7.11 Å². The van der Waals surface area contributed by atoms with Gasteiger partial charge in [0.2, 0.25) is 0 Å². The summed E-state index contributed by atoms with van der Waals surface area (Å²) < 4.78 is 7.46. The third kappa shape index (κ3) is 2.43. The molecule has 1 saturated heterocycles. The third-order valence-corrected chi connectivity index (χ3v) is 3.79. The summed E-state index contributed by atoms with van der Waals surface area (Å²) in [6, 6.07) is 0. The van der Waals surface area contributed by atoms with E-state index in [1.807, 2.05) is 23.0 Å². The lowest BCUT2D eigenvalue weighted by molar-refractivity contribution is 0.0818. The standard InChI is InChI=1S/C14H21N5O/c1-3-15-12-10-19-9-6-16-13(19)14(17-12)18-7-4-11(20-2)5-8-18/h6,9-11,15H,3-5,7-8H2,1-2H3. The molecule has 0 unspecified atom stereocenters. The number of anilines is 2. The monoisotopic (exact) mass is 275 g/mol. The number of methoxy groups -OCH3 is 1. The first kappa shape index (κ1) is 13.2. The van der Waals surface area contributed by atoms with Crippen molar-refractivity contribution in [2.24, 2.45) is 0 Å². The molecule has 6 nitrogen and oxygen atoms in total. The average Bonchev–Trinajstić information content (AvgIpc) is 2.95. The van der Waals surface area contributed by atoms with Crippen LogP contribution in [0.15, 0.2) is 18.6 Å². The Morgan fingerprint density at radius 1 is 1.40 bits per heavy atom. The minimum atomic E-state index is 0.374. The molecule has 0 radical (unpaired) electrons. The van der Waals surface area contributed by atoms with E-state index in [1.165, 1.54) is 0 Å². The van der Waals surface area contributed by atoms with E-state index >= 15 is 0 Å². The number of hydrogen-bond donors (Lipinski definition) is 1. The summed E-state index contributed by atoms with van der Waals surface area (Å²) in [5.74, 6) is 1.85. The van der Waals surface area contributed by atoms with Crippen molar-refractivity contribution in [1.29, 1.82) is 0 Å². The molecule has 1 aliphatic rings. The predicted octanol–water partition coefficient (Wildman–Crippen LogP) is 1.78. The maximum atomic E-state index is 5.43. The minimum Gasteiger partial charge on any atom is -0.381 e. The van der Waals surface area contributed by atoms with Crippen LogP contribution in [0, 0.1) is 0 Å². The number of imidazole rings is 1. The van der Waals surface area contributed by atoms with Crippen molar-refractivity contribution in [3.63, 3.8) is 0 Å². The molecule has 0 aromatic carbocycles. The van der Waals surface area contributed by atoms with Crippen LogP contribution in [0.25, 0.3) is 5.65 Å². The zero-order chi connectivity index (χ0) is 13.9. The maximum absolute atomic E-state index is 5.43. The Bertz CT molecular complexity index is 574. The lowest BCUT2D eigenvalue weighted by Gasteiger charge is -2.32. The van der Waals surface area contributed by atoms with E-state index in [0.717, 1.165) is 49.8 Å². The Balaban J connectivity index is 1.91. The van der Waals surface area contributed by atoms with Crippen LogP contribution in [0.5, 0.6) is 0 Å². The van der Waals surface area contributed by atoms with E-state index < -0.39 is 0 Å². The second-order valence-corrected chi connectivity index (χ2v) is 5.06. The van der Waals surface area contributed by atoms with Gasteiger partial charge in [0.1, 0.15) is 5.82 Å². The quantitative estimate of drug-likeness (QED) is 0.921. The lowest BCUT2D eigenvalue weighted by Crippen LogP contribution is -2.37. The number of rotatable bonds is 4. The Kier molecular flexibility index (Phi) is 3.73. The van der Waals surface area contributed by atoms with Crippen LogP contribution in [-0.4, -0.2) is 47.2 Å². The molecule has 3 heterocycles. The lowest BCUT2D eigenvalue weighted by atomic mass is 10.1. The van der Waals surface area contributed by atoms with Gasteiger partial charge in [0, 0.05) is 39.1 Å². The fourth-order valence-corrected chi connectivity index (χ4v) is 2.70. The molecule has 0 spiro atoms. The molecule has 3 rings (SSSR count).